The first-order chi connectivity index (χ1) is 23.5. The Morgan fingerprint density at radius 3 is 2.53 bits per heavy atom. The summed E-state index contributed by atoms with van der Waals surface area (Å²) in [6.07, 6.45) is 6.13. The van der Waals surface area contributed by atoms with Crippen molar-refractivity contribution in [1.29, 1.82) is 0 Å². The SMILES string of the molecule is C=CC(=O)N1C[C@H](C)N(C2NC(=O)N3C4NC(C(F)CC42)C2C(F)CCCC2N2C=C(CCN(C)C4CCCC(C(C)C)C43)NN2)C[C@H]1C. The number of likely N-dealkylation sites (N-methyl/N-ethyl adjacent to an activating group) is 1. The van der Waals surface area contributed by atoms with Gasteiger partial charge in [-0.2, -0.15) is 0 Å². The molecule has 4 bridgehead atoms. The largest absolute Gasteiger partial charge is 0.334 e. The molecule has 0 spiro atoms. The summed E-state index contributed by atoms with van der Waals surface area (Å²) in [7, 11) is 2.18. The van der Waals surface area contributed by atoms with Crippen LogP contribution in [0.2, 0.25) is 0 Å². The predicted molar refractivity (Wildman–Crippen MR) is 185 cm³/mol. The molecule has 5 heterocycles. The Bertz CT molecular complexity index is 1290. The number of nitrogens with zero attached hydrogens (tertiary/aromatic N) is 5. The van der Waals surface area contributed by atoms with Crippen molar-refractivity contribution in [1.82, 2.24) is 46.2 Å². The summed E-state index contributed by atoms with van der Waals surface area (Å²) >= 11 is 0. The smallest absolute Gasteiger partial charge is 0.320 e. The van der Waals surface area contributed by atoms with Crippen LogP contribution >= 0.6 is 0 Å². The molecule has 3 amide bonds. The standard InChI is InChI=1S/C36H59F2N9O2/c1-7-30(48)44-17-22(5)45(18-21(44)4)34-25-16-27(38)32-31-26(37)11-9-12-28(31)46-19-23(41-42-46)14-15-43(6)29-13-8-10-24(20(2)3)33(29)47(35(25)39-32)36(49)40-34/h7,19-22,24-29,31-35,39,41-42H,1,8-18H2,2-6H3,(H,40,49)/t21-,22+,24?,25?,26?,27?,28?,29?,31?,32?,33?,34?,35?/m1/s1. The van der Waals surface area contributed by atoms with Gasteiger partial charge in [0.25, 0.3) is 0 Å². The Balaban J connectivity index is 1.30. The number of hydrogen-bond acceptors (Lipinski definition) is 8. The van der Waals surface area contributed by atoms with Crippen molar-refractivity contribution in [3.8, 4) is 0 Å². The normalized spacial score (nSPS) is 43.5. The molecule has 274 valence electrons. The number of hydrazine groups is 2. The number of piperidine rings is 1. The molecule has 0 aromatic rings. The van der Waals surface area contributed by atoms with E-state index in [2.05, 4.69) is 76.9 Å². The zero-order valence-electron chi connectivity index (χ0n) is 30.0. The average molecular weight is 688 g/mol. The number of amides is 3. The average Bonchev–Trinajstić information content (AvgIpc) is 3.55. The molecule has 0 aromatic carbocycles. The lowest BCUT2D eigenvalue weighted by atomic mass is 9.70. The van der Waals surface area contributed by atoms with E-state index in [-0.39, 0.29) is 60.4 Å². The van der Waals surface area contributed by atoms with Crippen molar-refractivity contribution in [2.45, 2.75) is 140 Å². The van der Waals surface area contributed by atoms with Gasteiger partial charge < -0.3 is 25.4 Å². The molecule has 49 heavy (non-hydrogen) atoms. The van der Waals surface area contributed by atoms with Crippen LogP contribution in [-0.2, 0) is 4.79 Å². The second-order valence-electron chi connectivity index (χ2n) is 16.5. The van der Waals surface area contributed by atoms with Crippen molar-refractivity contribution in [3.05, 3.63) is 24.6 Å². The van der Waals surface area contributed by atoms with Crippen LogP contribution < -0.4 is 21.6 Å². The van der Waals surface area contributed by atoms with Gasteiger partial charge in [-0.25, -0.2) is 13.6 Å². The minimum atomic E-state index is -1.29. The first-order valence-corrected chi connectivity index (χ1v) is 19.0. The molecule has 7 aliphatic rings. The number of halogens is 2. The summed E-state index contributed by atoms with van der Waals surface area (Å²) in [5, 5.41) is 9.16. The first kappa shape index (κ1) is 34.9. The van der Waals surface area contributed by atoms with Crippen LogP contribution in [0.5, 0.6) is 0 Å². The van der Waals surface area contributed by atoms with E-state index in [4.69, 9.17) is 0 Å². The summed E-state index contributed by atoms with van der Waals surface area (Å²) < 4.78 is 33.3. The van der Waals surface area contributed by atoms with Crippen molar-refractivity contribution in [2.75, 3.05) is 26.7 Å². The minimum Gasteiger partial charge on any atom is -0.334 e. The van der Waals surface area contributed by atoms with Crippen molar-refractivity contribution in [2.24, 2.45) is 23.7 Å². The Morgan fingerprint density at radius 2 is 1.78 bits per heavy atom. The number of carbonyl (C=O) groups excluding carboxylic acids is 2. The van der Waals surface area contributed by atoms with Crippen molar-refractivity contribution >= 4 is 11.9 Å². The molecule has 5 fully saturated rings. The fourth-order valence-corrected chi connectivity index (χ4v) is 10.8. The second kappa shape index (κ2) is 13.9. The Labute approximate surface area is 291 Å². The van der Waals surface area contributed by atoms with Gasteiger partial charge in [0.2, 0.25) is 5.91 Å². The van der Waals surface area contributed by atoms with Crippen LogP contribution in [0.25, 0.3) is 0 Å². The molecular weight excluding hydrogens is 628 g/mol. The third-order valence-electron chi connectivity index (χ3n) is 13.3. The molecule has 4 N–H and O–H groups in total. The molecule has 2 aliphatic carbocycles. The van der Waals surface area contributed by atoms with Gasteiger partial charge in [-0.05, 0) is 77.3 Å². The maximum atomic E-state index is 17.0. The first-order valence-electron chi connectivity index (χ1n) is 19.0. The number of rotatable bonds is 3. The fourth-order valence-electron chi connectivity index (χ4n) is 10.8. The molecule has 5 aliphatic heterocycles. The molecule has 11 unspecified atom stereocenters. The van der Waals surface area contributed by atoms with E-state index in [0.717, 1.165) is 50.8 Å². The summed E-state index contributed by atoms with van der Waals surface area (Å²) in [6, 6.07) is -1.21. The minimum absolute atomic E-state index is 0.0594. The topological polar surface area (TPSA) is 98.5 Å². The van der Waals surface area contributed by atoms with Crippen LogP contribution in [0.3, 0.4) is 0 Å². The highest BCUT2D eigenvalue weighted by molar-refractivity contribution is 5.87. The van der Waals surface area contributed by atoms with Crippen LogP contribution in [0, 0.1) is 23.7 Å². The molecule has 13 atom stereocenters. The number of piperazine rings is 1. The van der Waals surface area contributed by atoms with Gasteiger partial charge in [-0.15, -0.1) is 5.53 Å². The zero-order valence-corrected chi connectivity index (χ0v) is 30.0. The third-order valence-corrected chi connectivity index (χ3v) is 13.3. The molecule has 7 rings (SSSR count). The van der Waals surface area contributed by atoms with E-state index < -0.39 is 36.6 Å². The van der Waals surface area contributed by atoms with Crippen molar-refractivity contribution in [3.63, 3.8) is 0 Å². The second-order valence-corrected chi connectivity index (χ2v) is 16.5. The highest BCUT2D eigenvalue weighted by Crippen LogP contribution is 2.45. The lowest BCUT2D eigenvalue weighted by Crippen LogP contribution is -2.80. The quantitative estimate of drug-likeness (QED) is 0.336. The van der Waals surface area contributed by atoms with Crippen LogP contribution in [-0.4, -0.2) is 124 Å². The van der Waals surface area contributed by atoms with Crippen molar-refractivity contribution < 1.29 is 18.4 Å². The monoisotopic (exact) mass is 687 g/mol. The number of urea groups is 1. The van der Waals surface area contributed by atoms with E-state index >= 15 is 8.78 Å². The number of fused-ring (bicyclic) bond motifs is 7. The molecule has 3 saturated heterocycles. The third kappa shape index (κ3) is 6.24. The predicted octanol–water partition coefficient (Wildman–Crippen LogP) is 3.29. The number of alkyl halides is 2. The molecule has 2 saturated carbocycles. The Kier molecular flexibility index (Phi) is 9.92. The summed E-state index contributed by atoms with van der Waals surface area (Å²) in [4.78, 5) is 36.1. The maximum absolute atomic E-state index is 17.0. The number of hydrogen-bond donors (Lipinski definition) is 4. The number of nitrogens with one attached hydrogen (secondary N) is 4. The number of carbonyl (C=O) groups is 2. The summed E-state index contributed by atoms with van der Waals surface area (Å²) in [6.45, 7) is 14.2. The van der Waals surface area contributed by atoms with E-state index in [1.807, 2.05) is 16.8 Å². The lowest BCUT2D eigenvalue weighted by Gasteiger charge is -2.61. The van der Waals surface area contributed by atoms with Gasteiger partial charge in [0.05, 0.1) is 24.4 Å². The van der Waals surface area contributed by atoms with Gasteiger partial charge in [0.1, 0.15) is 12.3 Å². The maximum Gasteiger partial charge on any atom is 0.320 e. The highest BCUT2D eigenvalue weighted by Gasteiger charge is 2.58. The van der Waals surface area contributed by atoms with E-state index in [9.17, 15) is 9.59 Å². The Morgan fingerprint density at radius 1 is 1.02 bits per heavy atom. The van der Waals surface area contributed by atoms with E-state index in [1.165, 1.54) is 6.08 Å². The van der Waals surface area contributed by atoms with E-state index in [0.29, 0.717) is 25.4 Å². The molecule has 0 radical (unpaired) electrons. The van der Waals surface area contributed by atoms with E-state index in [1.54, 1.807) is 0 Å². The summed E-state index contributed by atoms with van der Waals surface area (Å²) in [5.74, 6) is -0.337. The van der Waals surface area contributed by atoms with Gasteiger partial charge in [0.15, 0.2) is 0 Å². The van der Waals surface area contributed by atoms with Gasteiger partial charge >= 0.3 is 6.03 Å². The van der Waals surface area contributed by atoms with Crippen LogP contribution in [0.4, 0.5) is 13.6 Å². The fraction of sp³-hybridized carbons (Fsp3) is 0.833. The van der Waals surface area contributed by atoms with Crippen LogP contribution in [0.15, 0.2) is 24.6 Å². The molecule has 0 aromatic heterocycles. The molecular formula is C36H59F2N9O2. The Hall–Kier alpha value is -2.48. The molecule has 11 nitrogen and oxygen atoms in total. The molecule has 13 heteroatoms. The highest BCUT2D eigenvalue weighted by atomic mass is 19.1. The van der Waals surface area contributed by atoms with Gasteiger partial charge in [0, 0.05) is 74.0 Å². The lowest BCUT2D eigenvalue weighted by molar-refractivity contribution is -0.137. The zero-order chi connectivity index (χ0) is 34.7. The summed E-state index contributed by atoms with van der Waals surface area (Å²) in [5.41, 5.74) is 7.66. The van der Waals surface area contributed by atoms with Gasteiger partial charge in [-0.1, -0.05) is 26.8 Å². The van der Waals surface area contributed by atoms with Crippen LogP contribution in [0.1, 0.15) is 79.1 Å². The van der Waals surface area contributed by atoms with Gasteiger partial charge in [-0.3, -0.25) is 20.0 Å².